The monoisotopic (exact) mass is 149 g/mol. The van der Waals surface area contributed by atoms with Crippen molar-refractivity contribution in [3.63, 3.8) is 0 Å². The maximum Gasteiger partial charge on any atom is 0.144 e. The van der Waals surface area contributed by atoms with Gasteiger partial charge >= 0.3 is 0 Å². The van der Waals surface area contributed by atoms with Gasteiger partial charge in [0.15, 0.2) is 0 Å². The van der Waals surface area contributed by atoms with Crippen LogP contribution in [-0.4, -0.2) is 26.8 Å². The van der Waals surface area contributed by atoms with E-state index in [0.717, 1.165) is 19.4 Å². The zero-order valence-corrected chi connectivity index (χ0v) is 6.06. The maximum absolute atomic E-state index is 10.4. The van der Waals surface area contributed by atoms with E-state index in [-0.39, 0.29) is 5.25 Å². The summed E-state index contributed by atoms with van der Waals surface area (Å²) in [5.41, 5.74) is 0. The average Bonchev–Trinajstić information content (AvgIpc) is 1.90. The van der Waals surface area contributed by atoms with Crippen molar-refractivity contribution in [2.45, 2.75) is 18.1 Å². The molecule has 54 valence electrons. The van der Waals surface area contributed by atoms with Gasteiger partial charge in [0, 0.05) is 6.54 Å². The topological polar surface area (TPSA) is 46.2 Å². The predicted octanol–water partition coefficient (Wildman–Crippen LogP) is -0.650. The van der Waals surface area contributed by atoms with Crippen LogP contribution in [0.1, 0.15) is 12.8 Å². The Kier molecular flexibility index (Phi) is 2.48. The zero-order chi connectivity index (χ0) is 6.69. The van der Waals surface area contributed by atoms with Gasteiger partial charge in [0.1, 0.15) is 10.7 Å². The summed E-state index contributed by atoms with van der Waals surface area (Å²) in [6.07, 6.45) is 1.83. The van der Waals surface area contributed by atoms with E-state index in [4.69, 9.17) is 0 Å². The minimum atomic E-state index is -2.18. The molecule has 9 heavy (non-hydrogen) atoms. The van der Waals surface area contributed by atoms with Gasteiger partial charge in [-0.05, 0) is 19.4 Å². The van der Waals surface area contributed by atoms with Crippen molar-refractivity contribution in [1.82, 2.24) is 5.32 Å². The highest BCUT2D eigenvalue weighted by Crippen LogP contribution is 2.03. The molecule has 0 aromatic heterocycles. The number of hydrogen-bond donors (Lipinski definition) is 2. The van der Waals surface area contributed by atoms with Crippen LogP contribution in [0.5, 0.6) is 0 Å². The highest BCUT2D eigenvalue weighted by Gasteiger charge is 2.14. The molecule has 4 heteroatoms. The molecule has 1 heterocycles. The number of thiol groups is 1. The molecule has 1 saturated heterocycles. The Labute approximate surface area is 56.4 Å². The van der Waals surface area contributed by atoms with Crippen LogP contribution in [0.25, 0.3) is 0 Å². The summed E-state index contributed by atoms with van der Waals surface area (Å²) in [4.78, 5) is 0. The van der Waals surface area contributed by atoms with Crippen LogP contribution < -0.4 is 5.32 Å². The van der Waals surface area contributed by atoms with Crippen LogP contribution in [0.2, 0.25) is 0 Å². The van der Waals surface area contributed by atoms with Gasteiger partial charge in [-0.3, -0.25) is 0 Å². The van der Waals surface area contributed by atoms with Gasteiger partial charge in [-0.15, -0.1) is 0 Å². The van der Waals surface area contributed by atoms with E-state index in [1.807, 2.05) is 0 Å². The van der Waals surface area contributed by atoms with Crippen molar-refractivity contribution in [3.8, 4) is 0 Å². The van der Waals surface area contributed by atoms with Crippen LogP contribution in [0.3, 0.4) is 0 Å². The molecule has 0 aromatic carbocycles. The maximum atomic E-state index is 10.4. The summed E-state index contributed by atoms with van der Waals surface area (Å²) in [7, 11) is -2.18. The second-order valence-electron chi connectivity index (χ2n) is 2.29. The number of hydrogen-bond acceptors (Lipinski definition) is 3. The van der Waals surface area contributed by atoms with Gasteiger partial charge in [0.25, 0.3) is 0 Å². The SMILES string of the molecule is O=[SH](=O)[C@@H]1CCCNC1. The molecule has 0 radical (unpaired) electrons. The Hall–Kier alpha value is -0.0900. The highest BCUT2D eigenvalue weighted by molar-refractivity contribution is 7.73. The van der Waals surface area contributed by atoms with Crippen LogP contribution in [0.4, 0.5) is 0 Å². The second kappa shape index (κ2) is 3.17. The molecule has 0 bridgehead atoms. The van der Waals surface area contributed by atoms with Crippen molar-refractivity contribution in [2.75, 3.05) is 13.1 Å². The number of rotatable bonds is 1. The first kappa shape index (κ1) is 7.02. The first-order valence-electron chi connectivity index (χ1n) is 3.15. The van der Waals surface area contributed by atoms with Gasteiger partial charge in [0.05, 0.1) is 5.25 Å². The van der Waals surface area contributed by atoms with Crippen LogP contribution in [-0.2, 0) is 10.7 Å². The predicted molar refractivity (Wildman–Crippen MR) is 36.2 cm³/mol. The minimum Gasteiger partial charge on any atom is -0.315 e. The Morgan fingerprint density at radius 1 is 1.44 bits per heavy atom. The van der Waals surface area contributed by atoms with E-state index in [2.05, 4.69) is 5.32 Å². The van der Waals surface area contributed by atoms with Gasteiger partial charge in [-0.2, -0.15) is 0 Å². The summed E-state index contributed by atoms with van der Waals surface area (Å²) in [5, 5.41) is 2.93. The largest absolute Gasteiger partial charge is 0.315 e. The number of piperidine rings is 1. The van der Waals surface area contributed by atoms with E-state index in [9.17, 15) is 8.42 Å². The van der Waals surface area contributed by atoms with Gasteiger partial charge < -0.3 is 5.32 Å². The van der Waals surface area contributed by atoms with Crippen LogP contribution in [0, 0.1) is 0 Å². The lowest BCUT2D eigenvalue weighted by Crippen LogP contribution is -2.34. The third-order valence-corrected chi connectivity index (χ3v) is 2.61. The van der Waals surface area contributed by atoms with Crippen LogP contribution >= 0.6 is 0 Å². The molecule has 0 amide bonds. The average molecular weight is 149 g/mol. The molecule has 0 saturated carbocycles. The second-order valence-corrected chi connectivity index (χ2v) is 3.59. The first-order chi connectivity index (χ1) is 4.30. The van der Waals surface area contributed by atoms with Crippen molar-refractivity contribution in [1.29, 1.82) is 0 Å². The molecule has 0 spiro atoms. The van der Waals surface area contributed by atoms with Gasteiger partial charge in [-0.1, -0.05) is 0 Å². The smallest absolute Gasteiger partial charge is 0.144 e. The zero-order valence-electron chi connectivity index (χ0n) is 5.17. The first-order valence-corrected chi connectivity index (χ1v) is 4.39. The lowest BCUT2D eigenvalue weighted by molar-refractivity contribution is 0.506. The van der Waals surface area contributed by atoms with E-state index in [1.54, 1.807) is 0 Å². The summed E-state index contributed by atoms with van der Waals surface area (Å²) in [6.45, 7) is 1.62. The summed E-state index contributed by atoms with van der Waals surface area (Å²) >= 11 is 0. The normalized spacial score (nSPS) is 28.8. The van der Waals surface area contributed by atoms with Crippen LogP contribution in [0.15, 0.2) is 0 Å². The molecule has 0 unspecified atom stereocenters. The Balaban J connectivity index is 2.40. The molecule has 1 N–H and O–H groups in total. The third kappa shape index (κ3) is 1.95. The molecule has 1 aliphatic rings. The molecular formula is C5H11NO2S. The van der Waals surface area contributed by atoms with Crippen molar-refractivity contribution in [3.05, 3.63) is 0 Å². The fourth-order valence-corrected chi connectivity index (χ4v) is 1.68. The number of nitrogens with one attached hydrogen (secondary N) is 1. The van der Waals surface area contributed by atoms with E-state index >= 15 is 0 Å². The molecule has 1 rings (SSSR count). The Bertz CT molecular complexity index is 141. The summed E-state index contributed by atoms with van der Waals surface area (Å²) in [6, 6.07) is 0. The Morgan fingerprint density at radius 3 is 2.56 bits per heavy atom. The lowest BCUT2D eigenvalue weighted by Gasteiger charge is -2.16. The fraction of sp³-hybridized carbons (Fsp3) is 1.00. The van der Waals surface area contributed by atoms with E-state index in [0.29, 0.717) is 6.54 Å². The quantitative estimate of drug-likeness (QED) is 0.487. The standard InChI is InChI=1S/C5H11NO2S/c7-9(8)5-2-1-3-6-4-5/h5-6,9H,1-4H2/t5-/m1/s1. The third-order valence-electron chi connectivity index (χ3n) is 1.57. The summed E-state index contributed by atoms with van der Waals surface area (Å²) < 4.78 is 20.7. The summed E-state index contributed by atoms with van der Waals surface area (Å²) in [5.74, 6) is 0. The van der Waals surface area contributed by atoms with Gasteiger partial charge in [0.2, 0.25) is 0 Å². The van der Waals surface area contributed by atoms with Crippen molar-refractivity contribution >= 4 is 10.7 Å². The van der Waals surface area contributed by atoms with E-state index in [1.165, 1.54) is 0 Å². The van der Waals surface area contributed by atoms with E-state index < -0.39 is 10.7 Å². The molecule has 0 aliphatic carbocycles. The highest BCUT2D eigenvalue weighted by atomic mass is 32.2. The van der Waals surface area contributed by atoms with Crippen molar-refractivity contribution in [2.24, 2.45) is 0 Å². The molecule has 1 atom stereocenters. The molecular weight excluding hydrogens is 138 g/mol. The molecule has 0 aromatic rings. The molecule has 1 fully saturated rings. The van der Waals surface area contributed by atoms with Crippen molar-refractivity contribution < 1.29 is 8.42 Å². The lowest BCUT2D eigenvalue weighted by atomic mass is 10.2. The van der Waals surface area contributed by atoms with Gasteiger partial charge in [-0.25, -0.2) is 8.42 Å². The fourth-order valence-electron chi connectivity index (χ4n) is 1.01. The molecule has 1 aliphatic heterocycles. The molecule has 3 nitrogen and oxygen atoms in total. The minimum absolute atomic E-state index is 0.103. The Morgan fingerprint density at radius 2 is 2.22 bits per heavy atom.